The van der Waals surface area contributed by atoms with Gasteiger partial charge in [0.1, 0.15) is 6.04 Å². The number of ether oxygens (including phenoxy) is 1. The highest BCUT2D eigenvalue weighted by Crippen LogP contribution is 2.27. The van der Waals surface area contributed by atoms with Crippen LogP contribution in [0.15, 0.2) is 0 Å². The Hall–Kier alpha value is -0.820. The van der Waals surface area contributed by atoms with E-state index in [1.165, 1.54) is 4.90 Å². The van der Waals surface area contributed by atoms with Gasteiger partial charge in [-0.05, 0) is 12.8 Å². The van der Waals surface area contributed by atoms with Crippen LogP contribution in [0.5, 0.6) is 0 Å². The first-order valence-corrected chi connectivity index (χ1v) is 6.16. The summed E-state index contributed by atoms with van der Waals surface area (Å²) in [4.78, 5) is 12.5. The molecule has 18 heavy (non-hydrogen) atoms. The maximum absolute atomic E-state index is 12.9. The highest BCUT2D eigenvalue weighted by atomic mass is 19.4. The largest absolute Gasteiger partial charge is 0.405 e. The van der Waals surface area contributed by atoms with Crippen LogP contribution in [-0.4, -0.2) is 55.4 Å². The molecule has 0 aromatic rings. The standard InChI is InChI=1S/C11H17F3N2O2/c12-11(13,14)9-6-15-10(17)3-4-16(9)7-8-2-1-5-18-8/h8-9H,1-7H2,(H,15,17). The Labute approximate surface area is 103 Å². The number of alkyl halides is 3. The lowest BCUT2D eigenvalue weighted by Gasteiger charge is -2.32. The molecular formula is C11H17F3N2O2. The van der Waals surface area contributed by atoms with Gasteiger partial charge in [0.2, 0.25) is 5.91 Å². The van der Waals surface area contributed by atoms with E-state index < -0.39 is 12.2 Å². The summed E-state index contributed by atoms with van der Waals surface area (Å²) in [5.41, 5.74) is 0. The topological polar surface area (TPSA) is 41.6 Å². The number of hydrogen-bond acceptors (Lipinski definition) is 3. The van der Waals surface area contributed by atoms with E-state index in [-0.39, 0.29) is 38.1 Å². The fraction of sp³-hybridized carbons (Fsp3) is 0.909. The van der Waals surface area contributed by atoms with Crippen LogP contribution in [0.3, 0.4) is 0 Å². The van der Waals surface area contributed by atoms with Crippen molar-refractivity contribution in [3.63, 3.8) is 0 Å². The normalized spacial score (nSPS) is 31.2. The maximum atomic E-state index is 12.9. The Morgan fingerprint density at radius 2 is 2.22 bits per heavy atom. The third kappa shape index (κ3) is 3.35. The average molecular weight is 266 g/mol. The van der Waals surface area contributed by atoms with Crippen LogP contribution in [0.4, 0.5) is 13.2 Å². The number of amides is 1. The molecule has 2 aliphatic heterocycles. The van der Waals surface area contributed by atoms with Crippen LogP contribution < -0.4 is 5.32 Å². The molecule has 0 bridgehead atoms. The Bertz CT molecular complexity index is 303. The monoisotopic (exact) mass is 266 g/mol. The second kappa shape index (κ2) is 5.44. The molecule has 2 aliphatic rings. The Kier molecular flexibility index (Phi) is 4.11. The Morgan fingerprint density at radius 1 is 1.44 bits per heavy atom. The molecule has 0 aromatic carbocycles. The smallest absolute Gasteiger partial charge is 0.377 e. The second-order valence-corrected chi connectivity index (χ2v) is 4.74. The van der Waals surface area contributed by atoms with Crippen molar-refractivity contribution in [3.8, 4) is 0 Å². The molecule has 2 rings (SSSR count). The van der Waals surface area contributed by atoms with Crippen LogP contribution >= 0.6 is 0 Å². The minimum atomic E-state index is -4.32. The molecule has 0 saturated carbocycles. The van der Waals surface area contributed by atoms with Crippen molar-refractivity contribution < 1.29 is 22.7 Å². The number of nitrogens with one attached hydrogen (secondary N) is 1. The summed E-state index contributed by atoms with van der Waals surface area (Å²) in [6, 6.07) is -1.60. The van der Waals surface area contributed by atoms with Gasteiger partial charge in [-0.25, -0.2) is 0 Å². The summed E-state index contributed by atoms with van der Waals surface area (Å²) in [5.74, 6) is -0.320. The molecule has 0 spiro atoms. The summed E-state index contributed by atoms with van der Waals surface area (Å²) >= 11 is 0. The van der Waals surface area contributed by atoms with E-state index in [0.717, 1.165) is 12.8 Å². The summed E-state index contributed by atoms with van der Waals surface area (Å²) in [6.07, 6.45) is -2.66. The first kappa shape index (κ1) is 13.6. The van der Waals surface area contributed by atoms with Gasteiger partial charge in [-0.3, -0.25) is 9.69 Å². The van der Waals surface area contributed by atoms with Crippen molar-refractivity contribution in [3.05, 3.63) is 0 Å². The highest BCUT2D eigenvalue weighted by Gasteiger charge is 2.45. The van der Waals surface area contributed by atoms with E-state index in [0.29, 0.717) is 6.61 Å². The Balaban J connectivity index is 2.03. The van der Waals surface area contributed by atoms with Gasteiger partial charge in [0, 0.05) is 32.7 Å². The molecule has 2 atom stereocenters. The number of rotatable bonds is 2. The van der Waals surface area contributed by atoms with Gasteiger partial charge in [0.05, 0.1) is 6.10 Å². The maximum Gasteiger partial charge on any atom is 0.405 e. The number of halogens is 3. The van der Waals surface area contributed by atoms with Crippen molar-refractivity contribution >= 4 is 5.91 Å². The lowest BCUT2D eigenvalue weighted by molar-refractivity contribution is -0.183. The second-order valence-electron chi connectivity index (χ2n) is 4.74. The number of hydrogen-bond donors (Lipinski definition) is 1. The lowest BCUT2D eigenvalue weighted by Crippen LogP contribution is -2.51. The fourth-order valence-corrected chi connectivity index (χ4v) is 2.42. The van der Waals surface area contributed by atoms with Crippen molar-refractivity contribution in [1.29, 1.82) is 0 Å². The van der Waals surface area contributed by atoms with Crippen molar-refractivity contribution in [2.45, 2.75) is 37.6 Å². The zero-order chi connectivity index (χ0) is 13.2. The van der Waals surface area contributed by atoms with Crippen molar-refractivity contribution in [2.75, 3.05) is 26.2 Å². The van der Waals surface area contributed by atoms with Crippen molar-refractivity contribution in [1.82, 2.24) is 10.2 Å². The van der Waals surface area contributed by atoms with Gasteiger partial charge in [-0.15, -0.1) is 0 Å². The molecule has 7 heteroatoms. The third-order valence-electron chi connectivity index (χ3n) is 3.40. The molecule has 104 valence electrons. The number of carbonyl (C=O) groups excluding carboxylic acids is 1. The van der Waals surface area contributed by atoms with E-state index in [1.807, 2.05) is 0 Å². The summed E-state index contributed by atoms with van der Waals surface area (Å²) in [7, 11) is 0. The zero-order valence-electron chi connectivity index (χ0n) is 10.0. The molecular weight excluding hydrogens is 249 g/mol. The molecule has 0 aromatic heterocycles. The summed E-state index contributed by atoms with van der Waals surface area (Å²) in [5, 5.41) is 2.31. The lowest BCUT2D eigenvalue weighted by atomic mass is 10.1. The minimum Gasteiger partial charge on any atom is -0.377 e. The molecule has 2 heterocycles. The van der Waals surface area contributed by atoms with Gasteiger partial charge >= 0.3 is 6.18 Å². The zero-order valence-corrected chi connectivity index (χ0v) is 10.0. The van der Waals surface area contributed by atoms with Gasteiger partial charge in [0.15, 0.2) is 0 Å². The van der Waals surface area contributed by atoms with Gasteiger partial charge in [-0.2, -0.15) is 13.2 Å². The van der Waals surface area contributed by atoms with Gasteiger partial charge in [-0.1, -0.05) is 0 Å². The SMILES string of the molecule is O=C1CCN(CC2CCCO2)C(C(F)(F)F)CN1. The van der Waals surface area contributed by atoms with E-state index in [2.05, 4.69) is 5.32 Å². The molecule has 2 fully saturated rings. The molecule has 2 unspecified atom stereocenters. The van der Waals surface area contributed by atoms with E-state index in [1.54, 1.807) is 0 Å². The predicted molar refractivity (Wildman–Crippen MR) is 58.0 cm³/mol. The first-order valence-electron chi connectivity index (χ1n) is 6.16. The summed E-state index contributed by atoms with van der Waals surface area (Å²) < 4.78 is 44.2. The molecule has 1 amide bonds. The number of nitrogens with zero attached hydrogens (tertiary/aromatic N) is 1. The highest BCUT2D eigenvalue weighted by molar-refractivity contribution is 5.76. The van der Waals surface area contributed by atoms with Crippen LogP contribution in [-0.2, 0) is 9.53 Å². The van der Waals surface area contributed by atoms with Crippen LogP contribution in [0, 0.1) is 0 Å². The average Bonchev–Trinajstić information content (AvgIpc) is 2.69. The van der Waals surface area contributed by atoms with Gasteiger partial charge in [0.25, 0.3) is 0 Å². The predicted octanol–water partition coefficient (Wildman–Crippen LogP) is 0.918. The third-order valence-corrected chi connectivity index (χ3v) is 3.40. The fourth-order valence-electron chi connectivity index (χ4n) is 2.42. The Morgan fingerprint density at radius 3 is 2.83 bits per heavy atom. The minimum absolute atomic E-state index is 0.110. The molecule has 2 saturated heterocycles. The molecule has 0 aliphatic carbocycles. The van der Waals surface area contributed by atoms with Crippen molar-refractivity contribution in [2.24, 2.45) is 0 Å². The molecule has 1 N–H and O–H groups in total. The van der Waals surface area contributed by atoms with E-state index in [4.69, 9.17) is 4.74 Å². The van der Waals surface area contributed by atoms with Crippen LogP contribution in [0.1, 0.15) is 19.3 Å². The van der Waals surface area contributed by atoms with Crippen LogP contribution in [0.25, 0.3) is 0 Å². The van der Waals surface area contributed by atoms with E-state index >= 15 is 0 Å². The van der Waals surface area contributed by atoms with Gasteiger partial charge < -0.3 is 10.1 Å². The first-order chi connectivity index (χ1) is 8.47. The van der Waals surface area contributed by atoms with Crippen LogP contribution in [0.2, 0.25) is 0 Å². The molecule has 0 radical (unpaired) electrons. The molecule has 4 nitrogen and oxygen atoms in total. The quantitative estimate of drug-likeness (QED) is 0.808. The van der Waals surface area contributed by atoms with E-state index in [9.17, 15) is 18.0 Å². The number of carbonyl (C=O) groups is 1. The summed E-state index contributed by atoms with van der Waals surface area (Å²) in [6.45, 7) is 0.635.